The number of hydrogen-bond donors (Lipinski definition) is 0. The first kappa shape index (κ1) is 16.7. The van der Waals surface area contributed by atoms with Gasteiger partial charge in [0.2, 0.25) is 11.0 Å². The number of rotatable bonds is 5. The Morgan fingerprint density at radius 1 is 1.38 bits per heavy atom. The van der Waals surface area contributed by atoms with Gasteiger partial charge in [-0.3, -0.25) is 9.69 Å². The molecule has 1 aromatic carbocycles. The number of imidazole rings is 1. The van der Waals surface area contributed by atoms with Gasteiger partial charge in [0, 0.05) is 37.8 Å². The van der Waals surface area contributed by atoms with Gasteiger partial charge in [-0.05, 0) is 30.2 Å². The summed E-state index contributed by atoms with van der Waals surface area (Å²) in [6.45, 7) is 3.62. The third-order valence-electron chi connectivity index (χ3n) is 3.63. The molecule has 2 heterocycles. The van der Waals surface area contributed by atoms with Crippen molar-refractivity contribution in [1.29, 1.82) is 0 Å². The van der Waals surface area contributed by atoms with Gasteiger partial charge in [-0.15, -0.1) is 10.2 Å². The molecule has 3 rings (SSSR count). The second-order valence-corrected chi connectivity index (χ2v) is 7.48. The summed E-state index contributed by atoms with van der Waals surface area (Å²) in [6.07, 6.45) is 5.49. The van der Waals surface area contributed by atoms with Crippen LogP contribution in [-0.2, 0) is 10.5 Å². The summed E-state index contributed by atoms with van der Waals surface area (Å²) in [7, 11) is 1.70. The summed E-state index contributed by atoms with van der Waals surface area (Å²) in [4.78, 5) is 16.9. The molecule has 0 saturated heterocycles. The van der Waals surface area contributed by atoms with E-state index in [0.29, 0.717) is 5.13 Å². The van der Waals surface area contributed by atoms with Crippen molar-refractivity contribution in [3.63, 3.8) is 0 Å². The minimum Gasteiger partial charge on any atom is -0.306 e. The van der Waals surface area contributed by atoms with Gasteiger partial charge in [-0.25, -0.2) is 4.98 Å². The van der Waals surface area contributed by atoms with E-state index in [9.17, 15) is 4.79 Å². The summed E-state index contributed by atoms with van der Waals surface area (Å²) < 4.78 is 2.84. The molecule has 0 radical (unpaired) electrons. The molecule has 24 heavy (non-hydrogen) atoms. The molecule has 6 nitrogen and oxygen atoms in total. The minimum atomic E-state index is -0.0476. The van der Waals surface area contributed by atoms with E-state index >= 15 is 0 Å². The Labute approximate surface area is 148 Å². The molecule has 0 bridgehead atoms. The number of amides is 1. The number of aryl methyl sites for hydroxylation is 1. The van der Waals surface area contributed by atoms with Gasteiger partial charge in [0.25, 0.3) is 0 Å². The fourth-order valence-electron chi connectivity index (χ4n) is 2.09. The average molecular weight is 359 g/mol. The molecule has 8 heteroatoms. The molecule has 0 unspecified atom stereocenters. The average Bonchev–Trinajstić information content (AvgIpc) is 3.24. The van der Waals surface area contributed by atoms with Crippen LogP contribution >= 0.6 is 23.1 Å². The summed E-state index contributed by atoms with van der Waals surface area (Å²) in [5.74, 6) is 0.766. The van der Waals surface area contributed by atoms with E-state index in [2.05, 4.69) is 40.3 Å². The molecule has 2 aromatic heterocycles. The smallest absolute Gasteiger partial charge is 0.225 e. The van der Waals surface area contributed by atoms with Crippen molar-refractivity contribution in [3.8, 4) is 5.69 Å². The van der Waals surface area contributed by atoms with Crippen molar-refractivity contribution in [3.05, 3.63) is 48.0 Å². The van der Waals surface area contributed by atoms with E-state index in [4.69, 9.17) is 0 Å². The van der Waals surface area contributed by atoms with Gasteiger partial charge in [-0.2, -0.15) is 0 Å². The Bertz CT molecular complexity index is 844. The van der Waals surface area contributed by atoms with Crippen LogP contribution in [0.4, 0.5) is 5.13 Å². The lowest BCUT2D eigenvalue weighted by Gasteiger charge is -2.09. The van der Waals surface area contributed by atoms with Crippen molar-refractivity contribution in [2.75, 3.05) is 11.9 Å². The zero-order valence-electron chi connectivity index (χ0n) is 13.6. The third-order valence-corrected chi connectivity index (χ3v) is 5.82. The van der Waals surface area contributed by atoms with Crippen LogP contribution < -0.4 is 4.90 Å². The normalized spacial score (nSPS) is 10.8. The van der Waals surface area contributed by atoms with Crippen molar-refractivity contribution < 1.29 is 4.79 Å². The zero-order valence-corrected chi connectivity index (χ0v) is 15.3. The number of nitrogens with zero attached hydrogens (tertiary/aromatic N) is 5. The van der Waals surface area contributed by atoms with Crippen LogP contribution in [0.3, 0.4) is 0 Å². The fraction of sp³-hybridized carbons (Fsp3) is 0.250. The number of aromatic nitrogens is 4. The number of benzene rings is 1. The Hall–Kier alpha value is -2.19. The molecule has 0 saturated carbocycles. The van der Waals surface area contributed by atoms with Gasteiger partial charge < -0.3 is 4.57 Å². The molecule has 3 aromatic rings. The number of carbonyl (C=O) groups is 1. The van der Waals surface area contributed by atoms with Crippen molar-refractivity contribution in [2.24, 2.45) is 0 Å². The van der Waals surface area contributed by atoms with Crippen LogP contribution in [0, 0.1) is 6.92 Å². The van der Waals surface area contributed by atoms with Crippen LogP contribution in [0.25, 0.3) is 5.69 Å². The number of carbonyl (C=O) groups excluding carboxylic acids is 1. The quantitative estimate of drug-likeness (QED) is 0.516. The van der Waals surface area contributed by atoms with Gasteiger partial charge in [0.05, 0.1) is 6.33 Å². The van der Waals surface area contributed by atoms with Gasteiger partial charge in [-0.1, -0.05) is 29.2 Å². The van der Waals surface area contributed by atoms with Crippen LogP contribution in [0.15, 0.2) is 41.3 Å². The predicted molar refractivity (Wildman–Crippen MR) is 96.9 cm³/mol. The largest absolute Gasteiger partial charge is 0.306 e. The lowest BCUT2D eigenvalue weighted by atomic mass is 10.1. The standard InChI is InChI=1S/C16H17N5OS2/c1-11-8-14(21-7-6-17-10-21)5-4-13(11)9-23-16-19-18-15(24-16)20(3)12(2)22/h4-8,10H,9H2,1-3H3. The van der Waals surface area contributed by atoms with E-state index in [-0.39, 0.29) is 5.91 Å². The molecule has 0 N–H and O–H groups in total. The number of hydrogen-bond acceptors (Lipinski definition) is 6. The van der Waals surface area contributed by atoms with E-state index in [1.165, 1.54) is 34.3 Å². The topological polar surface area (TPSA) is 63.9 Å². The summed E-state index contributed by atoms with van der Waals surface area (Å²) in [5, 5.41) is 8.83. The summed E-state index contributed by atoms with van der Waals surface area (Å²) >= 11 is 3.06. The Kier molecular flexibility index (Phi) is 4.96. The van der Waals surface area contributed by atoms with E-state index in [0.717, 1.165) is 15.8 Å². The minimum absolute atomic E-state index is 0.0476. The van der Waals surface area contributed by atoms with Crippen molar-refractivity contribution in [2.45, 2.75) is 23.9 Å². The van der Waals surface area contributed by atoms with Gasteiger partial charge >= 0.3 is 0 Å². The molecule has 1 amide bonds. The van der Waals surface area contributed by atoms with Crippen LogP contribution in [0.1, 0.15) is 18.1 Å². The maximum absolute atomic E-state index is 11.4. The molecule has 0 fully saturated rings. The van der Waals surface area contributed by atoms with Gasteiger partial charge in [0.1, 0.15) is 0 Å². The highest BCUT2D eigenvalue weighted by atomic mass is 32.2. The summed E-state index contributed by atoms with van der Waals surface area (Å²) in [5.41, 5.74) is 3.57. The SMILES string of the molecule is CC(=O)N(C)c1nnc(SCc2ccc(-n3ccnc3)cc2C)s1. The molecule has 0 aliphatic rings. The molecule has 0 aliphatic heterocycles. The molecule has 124 valence electrons. The molecular weight excluding hydrogens is 342 g/mol. The first-order chi connectivity index (χ1) is 11.5. The molecule has 0 spiro atoms. The zero-order chi connectivity index (χ0) is 17.1. The predicted octanol–water partition coefficient (Wildman–Crippen LogP) is 3.31. The highest BCUT2D eigenvalue weighted by Crippen LogP contribution is 2.30. The number of thioether (sulfide) groups is 1. The first-order valence-electron chi connectivity index (χ1n) is 7.33. The monoisotopic (exact) mass is 359 g/mol. The van der Waals surface area contributed by atoms with Crippen LogP contribution in [-0.4, -0.2) is 32.7 Å². The fourth-order valence-corrected chi connectivity index (χ4v) is 4.01. The lowest BCUT2D eigenvalue weighted by Crippen LogP contribution is -2.22. The highest BCUT2D eigenvalue weighted by molar-refractivity contribution is 8.00. The molecule has 0 aliphatic carbocycles. The maximum atomic E-state index is 11.4. The van der Waals surface area contributed by atoms with E-state index in [1.54, 1.807) is 31.3 Å². The van der Waals surface area contributed by atoms with Crippen LogP contribution in [0.2, 0.25) is 0 Å². The van der Waals surface area contributed by atoms with Crippen molar-refractivity contribution >= 4 is 34.1 Å². The maximum Gasteiger partial charge on any atom is 0.225 e. The highest BCUT2D eigenvalue weighted by Gasteiger charge is 2.12. The van der Waals surface area contributed by atoms with Crippen molar-refractivity contribution in [1.82, 2.24) is 19.7 Å². The van der Waals surface area contributed by atoms with E-state index in [1.807, 2.05) is 10.8 Å². The third kappa shape index (κ3) is 3.65. The first-order valence-corrected chi connectivity index (χ1v) is 9.13. The second kappa shape index (κ2) is 7.14. The number of anilines is 1. The lowest BCUT2D eigenvalue weighted by molar-refractivity contribution is -0.116. The van der Waals surface area contributed by atoms with E-state index < -0.39 is 0 Å². The Balaban J connectivity index is 1.68. The Morgan fingerprint density at radius 3 is 2.88 bits per heavy atom. The molecule has 0 atom stereocenters. The van der Waals surface area contributed by atoms with Crippen LogP contribution in [0.5, 0.6) is 0 Å². The second-order valence-electron chi connectivity index (χ2n) is 5.30. The van der Waals surface area contributed by atoms with Gasteiger partial charge in [0.15, 0.2) is 4.34 Å². The Morgan fingerprint density at radius 2 is 2.21 bits per heavy atom. The molecular formula is C16H17N5OS2. The summed E-state index contributed by atoms with van der Waals surface area (Å²) in [6, 6.07) is 6.35.